The Bertz CT molecular complexity index is 821. The van der Waals surface area contributed by atoms with Crippen molar-refractivity contribution in [2.75, 3.05) is 38.2 Å². The van der Waals surface area contributed by atoms with Gasteiger partial charge in [-0.2, -0.15) is 0 Å². The van der Waals surface area contributed by atoms with E-state index < -0.39 is 12.0 Å². The highest BCUT2D eigenvalue weighted by molar-refractivity contribution is 5.99. The minimum Gasteiger partial charge on any atom is -0.469 e. The van der Waals surface area contributed by atoms with E-state index in [1.807, 2.05) is 0 Å². The summed E-state index contributed by atoms with van der Waals surface area (Å²) >= 11 is 0. The fourth-order valence-electron chi connectivity index (χ4n) is 4.35. The third-order valence-corrected chi connectivity index (χ3v) is 5.94. The maximum absolute atomic E-state index is 13.5. The van der Waals surface area contributed by atoms with Crippen LogP contribution in [0.3, 0.4) is 0 Å². The fourth-order valence-corrected chi connectivity index (χ4v) is 4.35. The van der Waals surface area contributed by atoms with Crippen molar-refractivity contribution < 1.29 is 19.1 Å². The summed E-state index contributed by atoms with van der Waals surface area (Å²) in [5.74, 6) is -0.544. The summed E-state index contributed by atoms with van der Waals surface area (Å²) in [7, 11) is 1.28. The number of aromatic nitrogens is 2. The van der Waals surface area contributed by atoms with Gasteiger partial charge in [-0.05, 0) is 38.5 Å². The SMILES string of the molecule is COC(=O)C[C@H]1C(=O)NCCN1C(=O)c1nc(N2CCCC2)nc2c1CCCC2. The van der Waals surface area contributed by atoms with Gasteiger partial charge in [0.25, 0.3) is 5.91 Å². The third-order valence-electron chi connectivity index (χ3n) is 5.94. The van der Waals surface area contributed by atoms with Crippen molar-refractivity contribution in [3.63, 3.8) is 0 Å². The van der Waals surface area contributed by atoms with Crippen LogP contribution in [-0.4, -0.2) is 72.0 Å². The summed E-state index contributed by atoms with van der Waals surface area (Å²) in [4.78, 5) is 50.8. The Morgan fingerprint density at radius 1 is 1.10 bits per heavy atom. The van der Waals surface area contributed by atoms with Gasteiger partial charge in [-0.3, -0.25) is 14.4 Å². The first kappa shape index (κ1) is 19.6. The van der Waals surface area contributed by atoms with Crippen molar-refractivity contribution in [1.82, 2.24) is 20.2 Å². The summed E-state index contributed by atoms with van der Waals surface area (Å²) in [6.45, 7) is 2.48. The van der Waals surface area contributed by atoms with Gasteiger partial charge in [0.2, 0.25) is 11.9 Å². The monoisotopic (exact) mass is 401 g/mol. The van der Waals surface area contributed by atoms with Crippen molar-refractivity contribution in [3.8, 4) is 0 Å². The second-order valence-corrected chi connectivity index (χ2v) is 7.78. The molecule has 4 rings (SSSR count). The first-order valence-electron chi connectivity index (χ1n) is 10.4. The number of carbonyl (C=O) groups excluding carboxylic acids is 3. The number of amides is 2. The highest BCUT2D eigenvalue weighted by Crippen LogP contribution is 2.27. The van der Waals surface area contributed by atoms with Crippen LogP contribution in [0, 0.1) is 0 Å². The van der Waals surface area contributed by atoms with E-state index in [-0.39, 0.29) is 18.2 Å². The molecule has 1 aromatic heterocycles. The molecule has 0 unspecified atom stereocenters. The zero-order valence-electron chi connectivity index (χ0n) is 16.8. The van der Waals surface area contributed by atoms with Crippen LogP contribution in [-0.2, 0) is 27.2 Å². The molecule has 0 bridgehead atoms. The van der Waals surface area contributed by atoms with Gasteiger partial charge < -0.3 is 19.9 Å². The zero-order chi connectivity index (χ0) is 20.4. The Labute approximate surface area is 169 Å². The van der Waals surface area contributed by atoms with Gasteiger partial charge in [0.15, 0.2) is 0 Å². The molecule has 0 radical (unpaired) electrons. The van der Waals surface area contributed by atoms with Gasteiger partial charge in [0, 0.05) is 37.4 Å². The molecule has 2 amide bonds. The van der Waals surface area contributed by atoms with Crippen molar-refractivity contribution in [2.45, 2.75) is 51.0 Å². The normalized spacial score (nSPS) is 21.6. The minimum absolute atomic E-state index is 0.166. The van der Waals surface area contributed by atoms with Gasteiger partial charge in [0.1, 0.15) is 11.7 Å². The Morgan fingerprint density at radius 3 is 2.62 bits per heavy atom. The highest BCUT2D eigenvalue weighted by Gasteiger charge is 2.37. The smallest absolute Gasteiger partial charge is 0.308 e. The number of nitrogens with zero attached hydrogens (tertiary/aromatic N) is 4. The first-order valence-corrected chi connectivity index (χ1v) is 10.4. The van der Waals surface area contributed by atoms with Gasteiger partial charge in [0.05, 0.1) is 13.5 Å². The Morgan fingerprint density at radius 2 is 1.86 bits per heavy atom. The standard InChI is InChI=1S/C20H27N5O4/c1-29-16(26)12-15-18(27)21-8-11-25(15)19(28)17-13-6-2-3-7-14(13)22-20(23-17)24-9-4-5-10-24/h15H,2-12H2,1H3,(H,21,27)/t15-/m0/s1. The van der Waals surface area contributed by atoms with Gasteiger partial charge in [-0.25, -0.2) is 9.97 Å². The van der Waals surface area contributed by atoms with E-state index in [1.54, 1.807) is 0 Å². The molecule has 9 heteroatoms. The average Bonchev–Trinajstić information content (AvgIpc) is 3.28. The number of nitrogens with one attached hydrogen (secondary N) is 1. The molecule has 2 fully saturated rings. The predicted octanol–water partition coefficient (Wildman–Crippen LogP) is 0.459. The molecule has 2 saturated heterocycles. The molecule has 1 N–H and O–H groups in total. The maximum Gasteiger partial charge on any atom is 0.308 e. The lowest BCUT2D eigenvalue weighted by molar-refractivity contribution is -0.145. The molecular weight excluding hydrogens is 374 g/mol. The van der Waals surface area contributed by atoms with Crippen LogP contribution in [0.2, 0.25) is 0 Å². The lowest BCUT2D eigenvalue weighted by atomic mass is 9.94. The van der Waals surface area contributed by atoms with E-state index in [0.29, 0.717) is 24.7 Å². The molecule has 9 nitrogen and oxygen atoms in total. The number of esters is 1. The average molecular weight is 401 g/mol. The van der Waals surface area contributed by atoms with Crippen molar-refractivity contribution >= 4 is 23.7 Å². The van der Waals surface area contributed by atoms with Crippen LogP contribution < -0.4 is 10.2 Å². The highest BCUT2D eigenvalue weighted by atomic mass is 16.5. The lowest BCUT2D eigenvalue weighted by Gasteiger charge is -2.35. The number of piperazine rings is 1. The van der Waals surface area contributed by atoms with E-state index in [4.69, 9.17) is 9.72 Å². The van der Waals surface area contributed by atoms with Crippen molar-refractivity contribution in [3.05, 3.63) is 17.0 Å². The van der Waals surface area contributed by atoms with Crippen molar-refractivity contribution in [2.24, 2.45) is 0 Å². The Balaban J connectivity index is 1.69. The Kier molecular flexibility index (Phi) is 5.64. The molecule has 0 spiro atoms. The topological polar surface area (TPSA) is 105 Å². The zero-order valence-corrected chi connectivity index (χ0v) is 16.8. The molecule has 1 aromatic rings. The molecule has 1 atom stereocenters. The van der Waals surface area contributed by atoms with Crippen LogP contribution >= 0.6 is 0 Å². The third kappa shape index (κ3) is 3.90. The largest absolute Gasteiger partial charge is 0.469 e. The number of hydrogen-bond acceptors (Lipinski definition) is 7. The van der Waals surface area contributed by atoms with Crippen LogP contribution in [0.1, 0.15) is 53.8 Å². The van der Waals surface area contributed by atoms with E-state index in [0.717, 1.165) is 62.9 Å². The molecule has 3 aliphatic rings. The molecule has 0 aromatic carbocycles. The van der Waals surface area contributed by atoms with E-state index in [1.165, 1.54) is 12.0 Å². The number of rotatable bonds is 4. The van der Waals surface area contributed by atoms with Gasteiger partial charge >= 0.3 is 5.97 Å². The Hall–Kier alpha value is -2.71. The number of ether oxygens (including phenoxy) is 1. The number of hydrogen-bond donors (Lipinski definition) is 1. The lowest BCUT2D eigenvalue weighted by Crippen LogP contribution is -2.58. The van der Waals surface area contributed by atoms with Crippen molar-refractivity contribution in [1.29, 1.82) is 0 Å². The summed E-state index contributed by atoms with van der Waals surface area (Å²) in [5, 5.41) is 2.73. The molecule has 2 aliphatic heterocycles. The van der Waals surface area contributed by atoms with E-state index >= 15 is 0 Å². The molecule has 156 valence electrons. The van der Waals surface area contributed by atoms with Crippen LogP contribution in [0.25, 0.3) is 0 Å². The number of fused-ring (bicyclic) bond motifs is 1. The van der Waals surface area contributed by atoms with Crippen LogP contribution in [0.15, 0.2) is 0 Å². The molecular formula is C20H27N5O4. The van der Waals surface area contributed by atoms with Gasteiger partial charge in [-0.1, -0.05) is 0 Å². The summed E-state index contributed by atoms with van der Waals surface area (Å²) in [5.41, 5.74) is 2.23. The molecule has 3 heterocycles. The molecule has 0 saturated carbocycles. The van der Waals surface area contributed by atoms with Gasteiger partial charge in [-0.15, -0.1) is 0 Å². The second kappa shape index (κ2) is 8.34. The molecule has 29 heavy (non-hydrogen) atoms. The molecule has 1 aliphatic carbocycles. The summed E-state index contributed by atoms with van der Waals surface area (Å²) in [6, 6.07) is -0.881. The second-order valence-electron chi connectivity index (χ2n) is 7.78. The number of aryl methyl sites for hydroxylation is 1. The van der Waals surface area contributed by atoms with E-state index in [2.05, 4.69) is 15.2 Å². The first-order chi connectivity index (χ1) is 14.1. The maximum atomic E-state index is 13.5. The minimum atomic E-state index is -0.881. The van der Waals surface area contributed by atoms with E-state index in [9.17, 15) is 14.4 Å². The summed E-state index contributed by atoms with van der Waals surface area (Å²) < 4.78 is 4.72. The quantitative estimate of drug-likeness (QED) is 0.731. The fraction of sp³-hybridized carbons (Fsp3) is 0.650. The van der Waals surface area contributed by atoms with Crippen LogP contribution in [0.5, 0.6) is 0 Å². The number of anilines is 1. The summed E-state index contributed by atoms with van der Waals surface area (Å²) in [6.07, 6.45) is 5.66. The predicted molar refractivity (Wildman–Crippen MR) is 105 cm³/mol. The van der Waals surface area contributed by atoms with Crippen LogP contribution in [0.4, 0.5) is 5.95 Å². The number of methoxy groups -OCH3 is 1. The number of carbonyl (C=O) groups is 3.